The minimum Gasteiger partial charge on any atom is -0.490 e. The maximum absolute atomic E-state index is 9.66. The molecule has 0 radical (unpaired) electrons. The van der Waals surface area contributed by atoms with Crippen molar-refractivity contribution in [3.8, 4) is 11.5 Å². The van der Waals surface area contributed by atoms with Gasteiger partial charge in [-0.25, -0.2) is 0 Å². The smallest absolute Gasteiger partial charge is 0.161 e. The van der Waals surface area contributed by atoms with Crippen LogP contribution < -0.4 is 9.47 Å². The fourth-order valence-corrected chi connectivity index (χ4v) is 3.27. The Balaban J connectivity index is 2.31. The van der Waals surface area contributed by atoms with Gasteiger partial charge in [-0.3, -0.25) is 4.90 Å². The standard InChI is InChI=1S/C18H29NO3/c1-4-21-16-9-8-15(12-17(16)22-5-2)18(14(3)13-20)19-10-6-7-11-19/h8-9,12,14,18,20H,4-7,10-11,13H2,1-3H3. The van der Waals surface area contributed by atoms with Crippen LogP contribution in [0.5, 0.6) is 11.5 Å². The van der Waals surface area contributed by atoms with Gasteiger partial charge in [-0.1, -0.05) is 13.0 Å². The second kappa shape index (κ2) is 8.39. The fraction of sp³-hybridized carbons (Fsp3) is 0.667. The lowest BCUT2D eigenvalue weighted by Crippen LogP contribution is -2.32. The van der Waals surface area contributed by atoms with Gasteiger partial charge in [0.05, 0.1) is 13.2 Å². The number of hydrogen-bond donors (Lipinski definition) is 1. The molecule has 0 amide bonds. The maximum atomic E-state index is 9.66. The van der Waals surface area contributed by atoms with Gasteiger partial charge in [-0.2, -0.15) is 0 Å². The topological polar surface area (TPSA) is 41.9 Å². The van der Waals surface area contributed by atoms with Crippen LogP contribution in [0.2, 0.25) is 0 Å². The molecule has 124 valence electrons. The summed E-state index contributed by atoms with van der Waals surface area (Å²) in [5, 5.41) is 9.66. The van der Waals surface area contributed by atoms with Crippen LogP contribution in [0.3, 0.4) is 0 Å². The molecule has 1 aliphatic rings. The Hall–Kier alpha value is -1.26. The first kappa shape index (κ1) is 17.1. The highest BCUT2D eigenvalue weighted by Crippen LogP contribution is 2.37. The summed E-state index contributed by atoms with van der Waals surface area (Å²) in [7, 11) is 0. The van der Waals surface area contributed by atoms with E-state index >= 15 is 0 Å². The van der Waals surface area contributed by atoms with Crippen molar-refractivity contribution in [3.05, 3.63) is 23.8 Å². The molecule has 1 aliphatic heterocycles. The molecule has 1 heterocycles. The zero-order chi connectivity index (χ0) is 15.9. The van der Waals surface area contributed by atoms with Gasteiger partial charge in [0, 0.05) is 12.6 Å². The molecule has 4 nitrogen and oxygen atoms in total. The summed E-state index contributed by atoms with van der Waals surface area (Å²) >= 11 is 0. The first-order valence-electron chi connectivity index (χ1n) is 8.45. The molecule has 2 rings (SSSR count). The van der Waals surface area contributed by atoms with Gasteiger partial charge >= 0.3 is 0 Å². The third-order valence-electron chi connectivity index (χ3n) is 4.27. The summed E-state index contributed by atoms with van der Waals surface area (Å²) < 4.78 is 11.4. The summed E-state index contributed by atoms with van der Waals surface area (Å²) in [6, 6.07) is 6.44. The summed E-state index contributed by atoms with van der Waals surface area (Å²) in [4.78, 5) is 2.48. The molecule has 1 saturated heterocycles. The van der Waals surface area contributed by atoms with Crippen molar-refractivity contribution in [2.45, 2.75) is 39.7 Å². The van der Waals surface area contributed by atoms with E-state index in [1.54, 1.807) is 0 Å². The monoisotopic (exact) mass is 307 g/mol. The second-order valence-electron chi connectivity index (χ2n) is 5.92. The van der Waals surface area contributed by atoms with Crippen LogP contribution in [-0.4, -0.2) is 42.9 Å². The average molecular weight is 307 g/mol. The summed E-state index contributed by atoms with van der Waals surface area (Å²) in [6.07, 6.45) is 2.48. The van der Waals surface area contributed by atoms with Crippen LogP contribution in [0.1, 0.15) is 45.2 Å². The Kier molecular flexibility index (Phi) is 6.52. The van der Waals surface area contributed by atoms with Gasteiger partial charge < -0.3 is 14.6 Å². The van der Waals surface area contributed by atoms with E-state index in [4.69, 9.17) is 9.47 Å². The summed E-state index contributed by atoms with van der Waals surface area (Å²) in [5.74, 6) is 1.80. The third kappa shape index (κ3) is 3.93. The van der Waals surface area contributed by atoms with Crippen molar-refractivity contribution in [1.82, 2.24) is 4.90 Å². The molecule has 0 saturated carbocycles. The van der Waals surface area contributed by atoms with Gasteiger partial charge in [-0.15, -0.1) is 0 Å². The number of aliphatic hydroxyl groups excluding tert-OH is 1. The van der Waals surface area contributed by atoms with E-state index in [1.807, 2.05) is 19.9 Å². The highest BCUT2D eigenvalue weighted by molar-refractivity contribution is 5.44. The highest BCUT2D eigenvalue weighted by atomic mass is 16.5. The predicted octanol–water partition coefficient (Wildman–Crippen LogP) is 3.25. The van der Waals surface area contributed by atoms with E-state index in [2.05, 4.69) is 24.0 Å². The van der Waals surface area contributed by atoms with Gasteiger partial charge in [-0.05, 0) is 63.4 Å². The average Bonchev–Trinajstić information content (AvgIpc) is 3.04. The Morgan fingerprint density at radius 2 is 1.73 bits per heavy atom. The third-order valence-corrected chi connectivity index (χ3v) is 4.27. The Morgan fingerprint density at radius 3 is 2.32 bits per heavy atom. The zero-order valence-electron chi connectivity index (χ0n) is 14.0. The zero-order valence-corrected chi connectivity index (χ0v) is 14.0. The van der Waals surface area contributed by atoms with Crippen molar-refractivity contribution in [2.24, 2.45) is 5.92 Å². The number of aliphatic hydroxyl groups is 1. The SMILES string of the molecule is CCOc1ccc(C(C(C)CO)N2CCCC2)cc1OCC. The van der Waals surface area contributed by atoms with Crippen LogP contribution in [0, 0.1) is 5.92 Å². The molecule has 0 aliphatic carbocycles. The van der Waals surface area contributed by atoms with E-state index in [1.165, 1.54) is 18.4 Å². The lowest BCUT2D eigenvalue weighted by Gasteiger charge is -2.32. The van der Waals surface area contributed by atoms with E-state index in [-0.39, 0.29) is 18.6 Å². The molecule has 1 aromatic rings. The van der Waals surface area contributed by atoms with E-state index in [9.17, 15) is 5.11 Å². The van der Waals surface area contributed by atoms with Crippen LogP contribution in [0.15, 0.2) is 18.2 Å². The number of rotatable bonds is 8. The minimum absolute atomic E-state index is 0.193. The molecule has 0 spiro atoms. The van der Waals surface area contributed by atoms with Crippen LogP contribution in [-0.2, 0) is 0 Å². The van der Waals surface area contributed by atoms with Crippen molar-refractivity contribution in [1.29, 1.82) is 0 Å². The molecule has 1 N–H and O–H groups in total. The van der Waals surface area contributed by atoms with Crippen molar-refractivity contribution < 1.29 is 14.6 Å². The second-order valence-corrected chi connectivity index (χ2v) is 5.92. The first-order valence-corrected chi connectivity index (χ1v) is 8.45. The normalized spacial score (nSPS) is 18.2. The number of likely N-dealkylation sites (tertiary alicyclic amines) is 1. The molecule has 2 unspecified atom stereocenters. The molecule has 1 aromatic carbocycles. The van der Waals surface area contributed by atoms with Gasteiger partial charge in [0.25, 0.3) is 0 Å². The highest BCUT2D eigenvalue weighted by Gasteiger charge is 2.28. The van der Waals surface area contributed by atoms with E-state index in [0.717, 1.165) is 24.6 Å². The van der Waals surface area contributed by atoms with Gasteiger partial charge in [0.1, 0.15) is 0 Å². The molecule has 0 bridgehead atoms. The quantitative estimate of drug-likeness (QED) is 0.800. The van der Waals surface area contributed by atoms with Crippen LogP contribution in [0.25, 0.3) is 0 Å². The largest absolute Gasteiger partial charge is 0.490 e. The molecule has 1 fully saturated rings. The number of nitrogens with zero attached hydrogens (tertiary/aromatic N) is 1. The predicted molar refractivity (Wildman–Crippen MR) is 88.6 cm³/mol. The lowest BCUT2D eigenvalue weighted by atomic mass is 9.93. The Labute approximate surface area is 134 Å². The lowest BCUT2D eigenvalue weighted by molar-refractivity contribution is 0.125. The molecule has 22 heavy (non-hydrogen) atoms. The van der Waals surface area contributed by atoms with Crippen LogP contribution >= 0.6 is 0 Å². The fourth-order valence-electron chi connectivity index (χ4n) is 3.27. The maximum Gasteiger partial charge on any atom is 0.161 e. The molecule has 4 heteroatoms. The van der Waals surface area contributed by atoms with E-state index in [0.29, 0.717) is 13.2 Å². The van der Waals surface area contributed by atoms with Gasteiger partial charge in [0.2, 0.25) is 0 Å². The first-order chi connectivity index (χ1) is 10.7. The van der Waals surface area contributed by atoms with Crippen molar-refractivity contribution >= 4 is 0 Å². The van der Waals surface area contributed by atoms with Gasteiger partial charge in [0.15, 0.2) is 11.5 Å². The Morgan fingerprint density at radius 1 is 1.09 bits per heavy atom. The Bertz CT molecular complexity index is 458. The minimum atomic E-state index is 0.193. The van der Waals surface area contributed by atoms with E-state index < -0.39 is 0 Å². The molecule has 0 aromatic heterocycles. The number of benzene rings is 1. The summed E-state index contributed by atoms with van der Waals surface area (Å²) in [6.45, 7) is 9.72. The molecule has 2 atom stereocenters. The molecular formula is C18H29NO3. The number of hydrogen-bond acceptors (Lipinski definition) is 4. The van der Waals surface area contributed by atoms with Crippen molar-refractivity contribution in [3.63, 3.8) is 0 Å². The van der Waals surface area contributed by atoms with Crippen LogP contribution in [0.4, 0.5) is 0 Å². The summed E-state index contributed by atoms with van der Waals surface area (Å²) in [5.41, 5.74) is 1.20. The molecular weight excluding hydrogens is 278 g/mol. The number of ether oxygens (including phenoxy) is 2. The van der Waals surface area contributed by atoms with Crippen molar-refractivity contribution in [2.75, 3.05) is 32.9 Å².